The van der Waals surface area contributed by atoms with Crippen LogP contribution in [0.3, 0.4) is 0 Å². The Bertz CT molecular complexity index is 742. The van der Waals surface area contributed by atoms with E-state index in [1.807, 2.05) is 11.0 Å². The van der Waals surface area contributed by atoms with E-state index in [-0.39, 0.29) is 11.9 Å². The molecule has 1 amide bonds. The van der Waals surface area contributed by atoms with Gasteiger partial charge in [0.1, 0.15) is 12.1 Å². The summed E-state index contributed by atoms with van der Waals surface area (Å²) in [5, 5.41) is 3.33. The van der Waals surface area contributed by atoms with Gasteiger partial charge in [-0.1, -0.05) is 12.1 Å². The molecule has 0 aliphatic carbocycles. The molecule has 2 heterocycles. The highest BCUT2D eigenvalue weighted by Crippen LogP contribution is 2.29. The van der Waals surface area contributed by atoms with Gasteiger partial charge in [-0.25, -0.2) is 9.97 Å². The molecule has 2 aromatic rings. The van der Waals surface area contributed by atoms with Gasteiger partial charge >= 0.3 is 6.18 Å². The first-order chi connectivity index (χ1) is 12.9. The Morgan fingerprint density at radius 3 is 2.44 bits per heavy atom. The van der Waals surface area contributed by atoms with Crippen LogP contribution in [0.2, 0.25) is 0 Å². The normalized spacial score (nSPS) is 15.6. The lowest BCUT2D eigenvalue weighted by Crippen LogP contribution is -2.42. The van der Waals surface area contributed by atoms with Crippen LogP contribution in [0, 0.1) is 0 Å². The maximum Gasteiger partial charge on any atom is 0.416 e. The number of benzene rings is 1. The molecule has 1 N–H and O–H groups in total. The van der Waals surface area contributed by atoms with E-state index in [9.17, 15) is 18.0 Å². The number of alkyl halides is 3. The second-order valence-electron chi connectivity index (χ2n) is 6.59. The predicted octanol–water partition coefficient (Wildman–Crippen LogP) is 3.53. The van der Waals surface area contributed by atoms with E-state index in [0.717, 1.165) is 36.4 Å². The largest absolute Gasteiger partial charge is 0.416 e. The third kappa shape index (κ3) is 5.42. The Morgan fingerprint density at radius 2 is 1.85 bits per heavy atom. The van der Waals surface area contributed by atoms with Crippen molar-refractivity contribution in [1.82, 2.24) is 14.9 Å². The van der Waals surface area contributed by atoms with Gasteiger partial charge in [-0.15, -0.1) is 0 Å². The predicted molar refractivity (Wildman–Crippen MR) is 95.0 cm³/mol. The molecule has 0 bridgehead atoms. The number of halogens is 3. The standard InChI is InChI=1S/C19H21F3N4O/c20-19(21,22)15-4-1-14(2-5-15)3-6-18(27)26-11-8-16(9-12-26)25-17-7-10-23-13-24-17/h1-2,4-5,7,10,13,16H,3,6,8-9,11-12H2,(H,23,24,25). The minimum atomic E-state index is -4.33. The molecule has 1 aliphatic rings. The van der Waals surface area contributed by atoms with Gasteiger partial charge in [-0.3, -0.25) is 4.79 Å². The second kappa shape index (κ2) is 8.37. The third-order valence-electron chi connectivity index (χ3n) is 4.69. The van der Waals surface area contributed by atoms with Gasteiger partial charge in [0.25, 0.3) is 0 Å². The van der Waals surface area contributed by atoms with E-state index in [2.05, 4.69) is 15.3 Å². The van der Waals surface area contributed by atoms with Crippen LogP contribution in [-0.2, 0) is 17.4 Å². The number of hydrogen-bond donors (Lipinski definition) is 1. The van der Waals surface area contributed by atoms with E-state index < -0.39 is 11.7 Å². The maximum absolute atomic E-state index is 12.6. The van der Waals surface area contributed by atoms with Gasteiger partial charge in [-0.05, 0) is 43.0 Å². The van der Waals surface area contributed by atoms with E-state index >= 15 is 0 Å². The van der Waals surface area contributed by atoms with Gasteiger partial charge in [0.2, 0.25) is 5.91 Å². The van der Waals surface area contributed by atoms with Crippen molar-refractivity contribution in [1.29, 1.82) is 0 Å². The molecule has 1 aromatic heterocycles. The van der Waals surface area contributed by atoms with Crippen molar-refractivity contribution >= 4 is 11.7 Å². The zero-order valence-electron chi connectivity index (χ0n) is 14.7. The number of rotatable bonds is 5. The van der Waals surface area contributed by atoms with Gasteiger partial charge in [0.05, 0.1) is 5.56 Å². The summed E-state index contributed by atoms with van der Waals surface area (Å²) in [4.78, 5) is 22.2. The molecule has 5 nitrogen and oxygen atoms in total. The number of anilines is 1. The summed E-state index contributed by atoms with van der Waals surface area (Å²) in [6, 6.07) is 7.07. The number of likely N-dealkylation sites (tertiary alicyclic amines) is 1. The quantitative estimate of drug-likeness (QED) is 0.865. The van der Waals surface area contributed by atoms with E-state index in [0.29, 0.717) is 25.9 Å². The Morgan fingerprint density at radius 1 is 1.15 bits per heavy atom. The summed E-state index contributed by atoms with van der Waals surface area (Å²) in [6.45, 7) is 1.32. The first-order valence-corrected chi connectivity index (χ1v) is 8.88. The zero-order chi connectivity index (χ0) is 19.3. The molecule has 3 rings (SSSR count). The van der Waals surface area contributed by atoms with Gasteiger partial charge in [0.15, 0.2) is 0 Å². The lowest BCUT2D eigenvalue weighted by molar-refractivity contribution is -0.137. The second-order valence-corrected chi connectivity index (χ2v) is 6.59. The smallest absolute Gasteiger partial charge is 0.367 e. The number of hydrogen-bond acceptors (Lipinski definition) is 4. The molecule has 0 radical (unpaired) electrons. The lowest BCUT2D eigenvalue weighted by atomic mass is 10.0. The van der Waals surface area contributed by atoms with Crippen LogP contribution in [0.25, 0.3) is 0 Å². The van der Waals surface area contributed by atoms with Crippen molar-refractivity contribution in [2.24, 2.45) is 0 Å². The molecule has 144 valence electrons. The molecule has 1 aromatic carbocycles. The number of amides is 1. The first-order valence-electron chi connectivity index (χ1n) is 8.88. The number of piperidine rings is 1. The summed E-state index contributed by atoms with van der Waals surface area (Å²) in [5.41, 5.74) is 0.0625. The summed E-state index contributed by atoms with van der Waals surface area (Å²) in [5.74, 6) is 0.812. The topological polar surface area (TPSA) is 58.1 Å². The van der Waals surface area contributed by atoms with Gasteiger partial charge in [0, 0.05) is 31.7 Å². The SMILES string of the molecule is O=C(CCc1ccc(C(F)(F)F)cc1)N1CCC(Nc2ccncn2)CC1. The number of aryl methyl sites for hydroxylation is 1. The van der Waals surface area contributed by atoms with Gasteiger partial charge < -0.3 is 10.2 Å². The van der Waals surface area contributed by atoms with Gasteiger partial charge in [-0.2, -0.15) is 13.2 Å². The van der Waals surface area contributed by atoms with Crippen LogP contribution in [-0.4, -0.2) is 39.9 Å². The summed E-state index contributed by atoms with van der Waals surface area (Å²) < 4.78 is 37.7. The zero-order valence-corrected chi connectivity index (χ0v) is 14.7. The minimum absolute atomic E-state index is 0.0374. The van der Waals surface area contributed by atoms with E-state index in [1.165, 1.54) is 18.5 Å². The first kappa shape index (κ1) is 19.1. The molecule has 1 saturated heterocycles. The minimum Gasteiger partial charge on any atom is -0.367 e. The molecular formula is C19H21F3N4O. The third-order valence-corrected chi connectivity index (χ3v) is 4.69. The number of carbonyl (C=O) groups is 1. The number of nitrogens with zero attached hydrogens (tertiary/aromatic N) is 3. The monoisotopic (exact) mass is 378 g/mol. The van der Waals surface area contributed by atoms with Crippen molar-refractivity contribution in [2.75, 3.05) is 18.4 Å². The summed E-state index contributed by atoms with van der Waals surface area (Å²) in [6.07, 6.45) is 1.23. The van der Waals surface area contributed by atoms with Crippen LogP contribution in [0.5, 0.6) is 0 Å². The van der Waals surface area contributed by atoms with Crippen molar-refractivity contribution < 1.29 is 18.0 Å². The van der Waals surface area contributed by atoms with Crippen LogP contribution in [0.1, 0.15) is 30.4 Å². The van der Waals surface area contributed by atoms with Crippen molar-refractivity contribution in [2.45, 2.75) is 37.9 Å². The Labute approximate surface area is 155 Å². The van der Waals surface area contributed by atoms with Crippen molar-refractivity contribution in [3.63, 3.8) is 0 Å². The molecular weight excluding hydrogens is 357 g/mol. The van der Waals surface area contributed by atoms with Crippen LogP contribution in [0.15, 0.2) is 42.9 Å². The highest BCUT2D eigenvalue weighted by atomic mass is 19.4. The van der Waals surface area contributed by atoms with Crippen LogP contribution >= 0.6 is 0 Å². The maximum atomic E-state index is 12.6. The molecule has 1 fully saturated rings. The Hall–Kier alpha value is -2.64. The highest BCUT2D eigenvalue weighted by molar-refractivity contribution is 5.76. The highest BCUT2D eigenvalue weighted by Gasteiger charge is 2.30. The Balaban J connectivity index is 1.43. The van der Waals surface area contributed by atoms with Crippen molar-refractivity contribution in [3.8, 4) is 0 Å². The van der Waals surface area contributed by atoms with Crippen LogP contribution in [0.4, 0.5) is 19.0 Å². The number of nitrogens with one attached hydrogen (secondary N) is 1. The summed E-state index contributed by atoms with van der Waals surface area (Å²) in [7, 11) is 0. The number of carbonyl (C=O) groups excluding carboxylic acids is 1. The number of aromatic nitrogens is 2. The summed E-state index contributed by atoms with van der Waals surface area (Å²) >= 11 is 0. The average Bonchev–Trinajstić information content (AvgIpc) is 2.67. The molecule has 0 atom stereocenters. The van der Waals surface area contributed by atoms with E-state index in [1.54, 1.807) is 6.20 Å². The molecule has 8 heteroatoms. The Kier molecular flexibility index (Phi) is 5.93. The lowest BCUT2D eigenvalue weighted by Gasteiger charge is -2.32. The fourth-order valence-corrected chi connectivity index (χ4v) is 3.13. The van der Waals surface area contributed by atoms with E-state index in [4.69, 9.17) is 0 Å². The molecule has 1 aliphatic heterocycles. The van der Waals surface area contributed by atoms with Crippen molar-refractivity contribution in [3.05, 3.63) is 54.0 Å². The molecule has 0 unspecified atom stereocenters. The fraction of sp³-hybridized carbons (Fsp3) is 0.421. The molecule has 0 spiro atoms. The molecule has 0 saturated carbocycles. The fourth-order valence-electron chi connectivity index (χ4n) is 3.13. The average molecular weight is 378 g/mol. The van der Waals surface area contributed by atoms with Crippen LogP contribution < -0.4 is 5.32 Å². The molecule has 27 heavy (non-hydrogen) atoms.